The van der Waals surface area contributed by atoms with Crippen LogP contribution in [0.5, 0.6) is 11.5 Å². The fourth-order valence-corrected chi connectivity index (χ4v) is 4.11. The molecule has 1 unspecified atom stereocenters. The second-order valence-corrected chi connectivity index (χ2v) is 7.86. The number of Topliss-reactive ketones (excluding diaryl/α,β-unsaturated/α-hetero) is 1. The molecule has 5 rings (SSSR count). The van der Waals surface area contributed by atoms with Gasteiger partial charge in [-0.3, -0.25) is 4.79 Å². The van der Waals surface area contributed by atoms with E-state index in [-0.39, 0.29) is 11.8 Å². The van der Waals surface area contributed by atoms with Crippen LogP contribution in [-0.2, 0) is 4.79 Å². The number of anilines is 2. The number of nitrogen functional groups attached to an aromatic ring is 1. The minimum atomic E-state index is -0.296. The topological polar surface area (TPSA) is 103 Å². The summed E-state index contributed by atoms with van der Waals surface area (Å²) in [7, 11) is 3.13. The summed E-state index contributed by atoms with van der Waals surface area (Å²) in [4.78, 5) is 22.8. The number of benzene rings is 1. The molecule has 8 nitrogen and oxygen atoms in total. The van der Waals surface area contributed by atoms with E-state index in [9.17, 15) is 4.79 Å². The van der Waals surface area contributed by atoms with Gasteiger partial charge in [0.15, 0.2) is 17.3 Å². The van der Waals surface area contributed by atoms with Crippen molar-refractivity contribution in [2.45, 2.75) is 38.6 Å². The highest BCUT2D eigenvalue weighted by molar-refractivity contribution is 5.92. The first-order valence-electron chi connectivity index (χ1n) is 10.4. The summed E-state index contributed by atoms with van der Waals surface area (Å²) in [6.07, 6.45) is 5.76. The summed E-state index contributed by atoms with van der Waals surface area (Å²) >= 11 is 0. The Morgan fingerprint density at radius 2 is 1.73 bits per heavy atom. The van der Waals surface area contributed by atoms with Crippen LogP contribution in [0.15, 0.2) is 23.3 Å². The third-order valence-corrected chi connectivity index (χ3v) is 6.15. The zero-order chi connectivity index (χ0) is 21.3. The van der Waals surface area contributed by atoms with Crippen molar-refractivity contribution in [3.05, 3.63) is 23.3 Å². The van der Waals surface area contributed by atoms with Crippen molar-refractivity contribution in [2.75, 3.05) is 44.5 Å². The Morgan fingerprint density at radius 1 is 1.10 bits per heavy atom. The monoisotopic (exact) mass is 411 g/mol. The van der Waals surface area contributed by atoms with Crippen molar-refractivity contribution in [1.82, 2.24) is 15.3 Å². The molecule has 0 bridgehead atoms. The first-order chi connectivity index (χ1) is 14.5. The fourth-order valence-electron chi connectivity index (χ4n) is 4.11. The van der Waals surface area contributed by atoms with E-state index in [0.717, 1.165) is 6.54 Å². The maximum atomic E-state index is 11.9. The molecule has 160 valence electrons. The van der Waals surface area contributed by atoms with E-state index in [4.69, 9.17) is 15.2 Å². The molecule has 1 atom stereocenters. The van der Waals surface area contributed by atoms with Gasteiger partial charge in [-0.15, -0.1) is 0 Å². The highest BCUT2D eigenvalue weighted by atomic mass is 16.5. The highest BCUT2D eigenvalue weighted by Gasteiger charge is 2.28. The Bertz CT molecular complexity index is 978. The van der Waals surface area contributed by atoms with E-state index in [1.54, 1.807) is 44.4 Å². The van der Waals surface area contributed by atoms with Crippen LogP contribution < -0.4 is 25.4 Å². The van der Waals surface area contributed by atoms with Gasteiger partial charge in [0.2, 0.25) is 5.95 Å². The number of aromatic nitrogens is 2. The zero-order valence-electron chi connectivity index (χ0n) is 17.8. The van der Waals surface area contributed by atoms with Crippen molar-refractivity contribution in [3.8, 4) is 11.5 Å². The fraction of sp³-hybridized carbons (Fsp3) is 0.500. The third kappa shape index (κ3) is 3.79. The number of hydrogen-bond acceptors (Lipinski definition) is 8. The Hall–Kier alpha value is -2.87. The van der Waals surface area contributed by atoms with Gasteiger partial charge in [0, 0.05) is 31.1 Å². The van der Waals surface area contributed by atoms with E-state index in [1.165, 1.54) is 25.7 Å². The quantitative estimate of drug-likeness (QED) is 0.740. The van der Waals surface area contributed by atoms with Crippen molar-refractivity contribution < 1.29 is 14.3 Å². The molecule has 0 saturated carbocycles. The number of nitrogens with zero attached hydrogens (tertiary/aromatic N) is 3. The Morgan fingerprint density at radius 3 is 2.27 bits per heavy atom. The van der Waals surface area contributed by atoms with Gasteiger partial charge < -0.3 is 25.4 Å². The summed E-state index contributed by atoms with van der Waals surface area (Å²) in [5, 5.41) is 3.90. The molecular formula is C22H29N5O3. The average molecular weight is 412 g/mol. The predicted molar refractivity (Wildman–Crippen MR) is 117 cm³/mol. The summed E-state index contributed by atoms with van der Waals surface area (Å²) < 4.78 is 10.6. The van der Waals surface area contributed by atoms with Crippen LogP contribution in [-0.4, -0.2) is 55.6 Å². The number of carbonyl (C=O) groups is 1. The third-order valence-electron chi connectivity index (χ3n) is 6.15. The minimum Gasteiger partial charge on any atom is -0.493 e. The number of rotatable bonds is 4. The van der Waals surface area contributed by atoms with Gasteiger partial charge >= 0.3 is 0 Å². The number of nitrogens with one attached hydrogen (secondary N) is 1. The van der Waals surface area contributed by atoms with Gasteiger partial charge in [0.25, 0.3) is 0 Å². The largest absolute Gasteiger partial charge is 0.493 e. The van der Waals surface area contributed by atoms with Crippen LogP contribution in [0, 0.1) is 0 Å². The van der Waals surface area contributed by atoms with Crippen LogP contribution in [0.3, 0.4) is 0 Å². The van der Waals surface area contributed by atoms with Gasteiger partial charge in [-0.05, 0) is 38.7 Å². The number of ketones is 1. The molecule has 3 aliphatic rings. The van der Waals surface area contributed by atoms with Gasteiger partial charge in [-0.25, -0.2) is 4.98 Å². The number of ether oxygens (including phenoxy) is 2. The molecule has 3 N–H and O–H groups in total. The number of allylic oxidation sites excluding steroid dienone is 2. The zero-order valence-corrected chi connectivity index (χ0v) is 17.8. The molecule has 8 heteroatoms. The smallest absolute Gasteiger partial charge is 0.228 e. The molecule has 0 radical (unpaired) electrons. The van der Waals surface area contributed by atoms with Crippen molar-refractivity contribution >= 4 is 28.5 Å². The lowest BCUT2D eigenvalue weighted by molar-refractivity contribution is -0.118. The summed E-state index contributed by atoms with van der Waals surface area (Å²) in [6, 6.07) is 3.23. The molecule has 2 aromatic rings. The van der Waals surface area contributed by atoms with Crippen molar-refractivity contribution in [2.24, 2.45) is 0 Å². The first-order valence-corrected chi connectivity index (χ1v) is 10.4. The maximum Gasteiger partial charge on any atom is 0.228 e. The van der Waals surface area contributed by atoms with Crippen LogP contribution in [0.25, 0.3) is 10.9 Å². The molecule has 0 amide bonds. The van der Waals surface area contributed by atoms with E-state index < -0.39 is 0 Å². The SMILES string of the molecule is C1CC2=C1CC2.COc1cc2nc(N3CCNCC3C(C)=O)nc(N)c2cc1OC. The van der Waals surface area contributed by atoms with Crippen LogP contribution >= 0.6 is 0 Å². The molecule has 1 aromatic heterocycles. The van der Waals surface area contributed by atoms with Crippen LogP contribution in [0.1, 0.15) is 32.6 Å². The lowest BCUT2D eigenvalue weighted by atomic mass is 9.74. The lowest BCUT2D eigenvalue weighted by Gasteiger charge is -2.34. The van der Waals surface area contributed by atoms with Gasteiger partial charge in [0.1, 0.15) is 11.9 Å². The second-order valence-electron chi connectivity index (χ2n) is 7.86. The number of carbonyl (C=O) groups excluding carboxylic acids is 1. The van der Waals surface area contributed by atoms with E-state index >= 15 is 0 Å². The summed E-state index contributed by atoms with van der Waals surface area (Å²) in [5.74, 6) is 2.00. The van der Waals surface area contributed by atoms with E-state index in [2.05, 4.69) is 15.3 Å². The molecule has 1 aromatic carbocycles. The molecule has 1 fully saturated rings. The normalized spacial score (nSPS) is 19.8. The standard InChI is InChI=1S/C16H21N5O3.C6H8/c1-9(22)12-8-18-4-5-21(12)16-19-11-7-14(24-3)13(23-2)6-10(11)15(17)20-16;1-2-6-4-3-5(1)6/h6-7,12,18H,4-5,8H2,1-3H3,(H2,17,19,20);1-4H2. The average Bonchev–Trinajstić information content (AvgIpc) is 2.75. The van der Waals surface area contributed by atoms with Gasteiger partial charge in [-0.1, -0.05) is 11.1 Å². The summed E-state index contributed by atoms with van der Waals surface area (Å²) in [5.41, 5.74) is 10.3. The second kappa shape index (κ2) is 8.47. The minimum absolute atomic E-state index is 0.0665. The molecule has 0 spiro atoms. The van der Waals surface area contributed by atoms with Gasteiger partial charge in [0.05, 0.1) is 19.7 Å². The molecule has 2 heterocycles. The van der Waals surface area contributed by atoms with Gasteiger partial charge in [-0.2, -0.15) is 4.98 Å². The first kappa shape index (κ1) is 20.4. The van der Waals surface area contributed by atoms with Crippen molar-refractivity contribution in [1.29, 1.82) is 0 Å². The number of nitrogens with two attached hydrogens (primary N) is 1. The van der Waals surface area contributed by atoms with E-state index in [1.807, 2.05) is 4.90 Å². The van der Waals surface area contributed by atoms with E-state index in [0.29, 0.717) is 47.3 Å². The maximum absolute atomic E-state index is 11.9. The lowest BCUT2D eigenvalue weighted by Crippen LogP contribution is -2.55. The highest BCUT2D eigenvalue weighted by Crippen LogP contribution is 2.43. The summed E-state index contributed by atoms with van der Waals surface area (Å²) in [6.45, 7) is 3.55. The number of hydrogen-bond donors (Lipinski definition) is 2. The number of fused-ring (bicyclic) bond motifs is 1. The van der Waals surface area contributed by atoms with Crippen LogP contribution in [0.2, 0.25) is 0 Å². The Kier molecular flexibility index (Phi) is 5.76. The molecule has 1 saturated heterocycles. The van der Waals surface area contributed by atoms with Crippen molar-refractivity contribution in [3.63, 3.8) is 0 Å². The molecular weight excluding hydrogens is 382 g/mol. The molecule has 30 heavy (non-hydrogen) atoms. The number of methoxy groups -OCH3 is 2. The molecule has 2 aliphatic carbocycles. The predicted octanol–water partition coefficient (Wildman–Crippen LogP) is 2.47. The molecule has 1 aliphatic heterocycles. The Balaban J connectivity index is 0.000000305. The van der Waals surface area contributed by atoms with Crippen LogP contribution in [0.4, 0.5) is 11.8 Å². The Labute approximate surface area is 176 Å². The number of piperazine rings is 1.